The van der Waals surface area contributed by atoms with E-state index < -0.39 is 54.7 Å². The SMILES string of the molecule is C=C1/C(=C\C=C2CCC[C@@]3(C)C2CC[C@@H]3[C@H](C)CCCC(C)(C)O)C[C@@H](O)C[C@@H]1[C@@H]1O[C@H](CO)[C@@H](O)[C@H](O)[C@H]1O. The van der Waals surface area contributed by atoms with Gasteiger partial charge in [0.1, 0.15) is 24.4 Å². The topological polar surface area (TPSA) is 131 Å². The van der Waals surface area contributed by atoms with Gasteiger partial charge in [-0.05, 0) is 99.5 Å². The van der Waals surface area contributed by atoms with Gasteiger partial charge in [0.15, 0.2) is 0 Å². The predicted octanol–water partition coefficient (Wildman–Crippen LogP) is 3.80. The van der Waals surface area contributed by atoms with Gasteiger partial charge >= 0.3 is 0 Å². The summed E-state index contributed by atoms with van der Waals surface area (Å²) in [7, 11) is 0. The largest absolute Gasteiger partial charge is 0.394 e. The third-order valence-corrected chi connectivity index (χ3v) is 10.8. The fourth-order valence-corrected chi connectivity index (χ4v) is 8.59. The highest BCUT2D eigenvalue weighted by Gasteiger charge is 2.51. The molecule has 0 spiro atoms. The summed E-state index contributed by atoms with van der Waals surface area (Å²) in [5, 5.41) is 61.7. The minimum Gasteiger partial charge on any atom is -0.394 e. The average Bonchev–Trinajstić information content (AvgIpc) is 3.25. The molecule has 7 heteroatoms. The van der Waals surface area contributed by atoms with E-state index in [1.165, 1.54) is 31.3 Å². The van der Waals surface area contributed by atoms with Crippen LogP contribution in [-0.2, 0) is 4.74 Å². The van der Waals surface area contributed by atoms with Crippen LogP contribution >= 0.6 is 0 Å². The molecule has 3 saturated carbocycles. The molecule has 0 bridgehead atoms. The lowest BCUT2D eigenvalue weighted by Crippen LogP contribution is -2.61. The zero-order valence-corrected chi connectivity index (χ0v) is 25.0. The van der Waals surface area contributed by atoms with E-state index >= 15 is 0 Å². The van der Waals surface area contributed by atoms with Crippen molar-refractivity contribution in [2.75, 3.05) is 6.61 Å². The Morgan fingerprint density at radius 2 is 1.82 bits per heavy atom. The van der Waals surface area contributed by atoms with Crippen molar-refractivity contribution in [3.63, 3.8) is 0 Å². The Morgan fingerprint density at radius 3 is 2.50 bits per heavy atom. The molecule has 40 heavy (non-hydrogen) atoms. The first-order valence-corrected chi connectivity index (χ1v) is 15.6. The first kappa shape index (κ1) is 31.9. The summed E-state index contributed by atoms with van der Waals surface area (Å²) in [6.07, 6.45) is 7.47. The van der Waals surface area contributed by atoms with Gasteiger partial charge in [-0.1, -0.05) is 51.0 Å². The van der Waals surface area contributed by atoms with Crippen LogP contribution in [0.4, 0.5) is 0 Å². The number of ether oxygens (including phenoxy) is 1. The maximum atomic E-state index is 10.8. The second kappa shape index (κ2) is 12.7. The highest BCUT2D eigenvalue weighted by Crippen LogP contribution is 2.60. The van der Waals surface area contributed by atoms with Gasteiger partial charge in [-0.25, -0.2) is 0 Å². The molecule has 7 nitrogen and oxygen atoms in total. The number of aliphatic hydroxyl groups excluding tert-OH is 5. The van der Waals surface area contributed by atoms with Gasteiger partial charge in [0.25, 0.3) is 0 Å². The van der Waals surface area contributed by atoms with Crippen LogP contribution in [-0.4, -0.2) is 79.5 Å². The Labute approximate surface area is 240 Å². The van der Waals surface area contributed by atoms with E-state index in [1.807, 2.05) is 13.8 Å². The highest BCUT2D eigenvalue weighted by molar-refractivity contribution is 5.39. The van der Waals surface area contributed by atoms with Crippen molar-refractivity contribution in [1.29, 1.82) is 0 Å². The number of rotatable bonds is 8. The lowest BCUT2D eigenvalue weighted by molar-refractivity contribution is -0.240. The second-order valence-electron chi connectivity index (χ2n) is 14.2. The Hall–Kier alpha value is -1.06. The highest BCUT2D eigenvalue weighted by atomic mass is 16.5. The molecule has 4 aliphatic rings. The molecule has 4 fully saturated rings. The summed E-state index contributed by atoms with van der Waals surface area (Å²) >= 11 is 0. The number of fused-ring (bicyclic) bond motifs is 1. The molecule has 0 aromatic carbocycles. The number of allylic oxidation sites excluding steroid dienone is 3. The van der Waals surface area contributed by atoms with E-state index in [1.54, 1.807) is 0 Å². The maximum absolute atomic E-state index is 10.8. The van der Waals surface area contributed by atoms with E-state index in [9.17, 15) is 30.6 Å². The fraction of sp³-hybridized carbons (Fsp3) is 0.818. The van der Waals surface area contributed by atoms with E-state index in [0.717, 1.165) is 36.8 Å². The standard InChI is InChI=1S/C33H54O7/c1-19(8-6-14-32(3,4)39)25-12-13-26-21(9-7-15-33(25,26)5)10-11-22-16-23(35)17-24(20(22)2)31-30(38)29(37)28(36)27(18-34)40-31/h10-11,19,23-31,34-39H,2,6-9,12-18H2,1,3-5H3/b21-10?,22-11-/t19-,23-,24+,25-,26?,27-,28-,29+,30-,31+,33-/m1/s1. The first-order chi connectivity index (χ1) is 18.8. The van der Waals surface area contributed by atoms with E-state index in [-0.39, 0.29) is 5.41 Å². The minimum atomic E-state index is -1.44. The predicted molar refractivity (Wildman–Crippen MR) is 155 cm³/mol. The van der Waals surface area contributed by atoms with Crippen LogP contribution in [0.3, 0.4) is 0 Å². The van der Waals surface area contributed by atoms with Crippen molar-refractivity contribution in [2.24, 2.45) is 29.1 Å². The molecule has 1 heterocycles. The van der Waals surface area contributed by atoms with Crippen LogP contribution in [0, 0.1) is 29.1 Å². The third-order valence-electron chi connectivity index (χ3n) is 10.8. The number of aliphatic hydroxyl groups is 6. The normalized spacial score (nSPS) is 43.8. The average molecular weight is 563 g/mol. The molecule has 0 amide bonds. The maximum Gasteiger partial charge on any atom is 0.111 e. The molecule has 0 radical (unpaired) electrons. The summed E-state index contributed by atoms with van der Waals surface area (Å²) in [5.74, 6) is 1.42. The summed E-state index contributed by atoms with van der Waals surface area (Å²) in [5.41, 5.74) is 2.85. The molecule has 3 aliphatic carbocycles. The Balaban J connectivity index is 1.49. The molecule has 0 aromatic rings. The molecule has 0 aromatic heterocycles. The summed E-state index contributed by atoms with van der Waals surface area (Å²) in [4.78, 5) is 0. The molecule has 228 valence electrons. The first-order valence-electron chi connectivity index (χ1n) is 15.6. The van der Waals surface area contributed by atoms with Crippen LogP contribution < -0.4 is 0 Å². The van der Waals surface area contributed by atoms with Crippen LogP contribution in [0.25, 0.3) is 0 Å². The molecule has 11 atom stereocenters. The lowest BCUT2D eigenvalue weighted by Gasteiger charge is -2.45. The van der Waals surface area contributed by atoms with Crippen LogP contribution in [0.5, 0.6) is 0 Å². The zero-order chi connectivity index (χ0) is 29.4. The summed E-state index contributed by atoms with van der Waals surface area (Å²) in [6.45, 7) is 12.5. The van der Waals surface area contributed by atoms with Crippen molar-refractivity contribution in [3.8, 4) is 0 Å². The Kier molecular flexibility index (Phi) is 10.1. The van der Waals surface area contributed by atoms with Crippen LogP contribution in [0.1, 0.15) is 91.9 Å². The van der Waals surface area contributed by atoms with Crippen molar-refractivity contribution in [2.45, 2.75) is 134 Å². The fourth-order valence-electron chi connectivity index (χ4n) is 8.59. The van der Waals surface area contributed by atoms with E-state index in [2.05, 4.69) is 32.6 Å². The van der Waals surface area contributed by atoms with Crippen molar-refractivity contribution in [3.05, 3.63) is 35.5 Å². The summed E-state index contributed by atoms with van der Waals surface area (Å²) in [6, 6.07) is 0. The second-order valence-corrected chi connectivity index (χ2v) is 14.2. The Morgan fingerprint density at radius 1 is 1.10 bits per heavy atom. The molecular formula is C33H54O7. The third kappa shape index (κ3) is 6.61. The lowest BCUT2D eigenvalue weighted by atomic mass is 9.60. The van der Waals surface area contributed by atoms with Crippen molar-refractivity contribution >= 4 is 0 Å². The molecular weight excluding hydrogens is 508 g/mol. The van der Waals surface area contributed by atoms with Crippen molar-refractivity contribution in [1.82, 2.24) is 0 Å². The van der Waals surface area contributed by atoms with Gasteiger partial charge in [-0.15, -0.1) is 0 Å². The molecule has 1 saturated heterocycles. The van der Waals surface area contributed by atoms with Crippen LogP contribution in [0.15, 0.2) is 35.5 Å². The number of hydrogen-bond donors (Lipinski definition) is 6. The zero-order valence-electron chi connectivity index (χ0n) is 25.0. The van der Waals surface area contributed by atoms with Gasteiger partial charge < -0.3 is 35.4 Å². The summed E-state index contributed by atoms with van der Waals surface area (Å²) < 4.78 is 5.84. The molecule has 6 N–H and O–H groups in total. The molecule has 4 rings (SSSR count). The molecule has 1 unspecified atom stereocenters. The van der Waals surface area contributed by atoms with Gasteiger partial charge in [0, 0.05) is 5.92 Å². The Bertz CT molecular complexity index is 949. The quantitative estimate of drug-likeness (QED) is 0.265. The monoisotopic (exact) mass is 562 g/mol. The van der Waals surface area contributed by atoms with Gasteiger partial charge in [-0.2, -0.15) is 0 Å². The molecule has 1 aliphatic heterocycles. The van der Waals surface area contributed by atoms with E-state index in [0.29, 0.717) is 30.6 Å². The van der Waals surface area contributed by atoms with Crippen LogP contribution in [0.2, 0.25) is 0 Å². The van der Waals surface area contributed by atoms with Gasteiger partial charge in [-0.3, -0.25) is 0 Å². The number of hydrogen-bond acceptors (Lipinski definition) is 7. The smallest absolute Gasteiger partial charge is 0.111 e. The van der Waals surface area contributed by atoms with Crippen molar-refractivity contribution < 1.29 is 35.4 Å². The van der Waals surface area contributed by atoms with Gasteiger partial charge in [0.05, 0.1) is 24.4 Å². The van der Waals surface area contributed by atoms with E-state index in [4.69, 9.17) is 4.74 Å². The van der Waals surface area contributed by atoms with Gasteiger partial charge in [0.2, 0.25) is 0 Å². The minimum absolute atomic E-state index is 0.276.